The van der Waals surface area contributed by atoms with Gasteiger partial charge in [-0.3, -0.25) is 4.79 Å². The highest BCUT2D eigenvalue weighted by Gasteiger charge is 2.38. The average Bonchev–Trinajstić information content (AvgIpc) is 2.28. The first-order chi connectivity index (χ1) is 8.18. The molecule has 0 N–H and O–H groups in total. The maximum atomic E-state index is 11.4. The van der Waals surface area contributed by atoms with Gasteiger partial charge >= 0.3 is 0 Å². The van der Waals surface area contributed by atoms with Gasteiger partial charge in [0.25, 0.3) is 0 Å². The van der Waals surface area contributed by atoms with Gasteiger partial charge in [0.1, 0.15) is 0 Å². The minimum absolute atomic E-state index is 0.137. The van der Waals surface area contributed by atoms with E-state index >= 15 is 0 Å². The molecule has 2 rings (SSSR count). The molecule has 1 aliphatic carbocycles. The first-order valence-electron chi connectivity index (χ1n) is 6.37. The zero-order valence-electron chi connectivity index (χ0n) is 10.7. The number of carbonyl (C=O) groups is 1. The predicted molar refractivity (Wildman–Crippen MR) is 68.5 cm³/mol. The van der Waals surface area contributed by atoms with Crippen LogP contribution < -0.4 is 0 Å². The molecule has 1 saturated carbocycles. The van der Waals surface area contributed by atoms with Crippen LogP contribution in [0.3, 0.4) is 0 Å². The molecular weight excluding hydrogens is 212 g/mol. The summed E-state index contributed by atoms with van der Waals surface area (Å²) < 4.78 is 5.61. The van der Waals surface area contributed by atoms with Gasteiger partial charge in [0, 0.05) is 17.6 Å². The second-order valence-corrected chi connectivity index (χ2v) is 4.91. The van der Waals surface area contributed by atoms with Gasteiger partial charge in [-0.15, -0.1) is 0 Å². The Balaban J connectivity index is 2.24. The first-order valence-corrected chi connectivity index (χ1v) is 6.37. The Kier molecular flexibility index (Phi) is 3.63. The molecule has 0 aliphatic heterocycles. The Morgan fingerprint density at radius 3 is 2.71 bits per heavy atom. The van der Waals surface area contributed by atoms with Crippen molar-refractivity contribution in [3.8, 4) is 0 Å². The normalized spacial score (nSPS) is 17.5. The molecule has 0 bridgehead atoms. The maximum Gasteiger partial charge on any atom is 0.159 e. The molecule has 1 aromatic carbocycles. The molecule has 0 amide bonds. The van der Waals surface area contributed by atoms with E-state index < -0.39 is 0 Å². The van der Waals surface area contributed by atoms with Crippen LogP contribution in [0.5, 0.6) is 0 Å². The lowest BCUT2D eigenvalue weighted by molar-refractivity contribution is 0.0521. The van der Waals surface area contributed by atoms with Crippen LogP contribution in [0.15, 0.2) is 24.3 Å². The highest BCUT2D eigenvalue weighted by molar-refractivity contribution is 5.94. The third kappa shape index (κ3) is 2.42. The maximum absolute atomic E-state index is 11.4. The van der Waals surface area contributed by atoms with E-state index in [9.17, 15) is 4.79 Å². The van der Waals surface area contributed by atoms with Crippen molar-refractivity contribution in [2.24, 2.45) is 0 Å². The van der Waals surface area contributed by atoms with E-state index in [1.165, 1.54) is 24.8 Å². The molecule has 1 aromatic rings. The van der Waals surface area contributed by atoms with Crippen LogP contribution in [0.2, 0.25) is 0 Å². The second-order valence-electron chi connectivity index (χ2n) is 4.91. The Labute approximate surface area is 103 Å². The lowest BCUT2D eigenvalue weighted by Crippen LogP contribution is -2.39. The van der Waals surface area contributed by atoms with Crippen molar-refractivity contribution in [2.75, 3.05) is 13.2 Å². The van der Waals surface area contributed by atoms with E-state index in [0.717, 1.165) is 18.8 Å². The second kappa shape index (κ2) is 5.01. The van der Waals surface area contributed by atoms with E-state index in [2.05, 4.69) is 6.07 Å². The molecular formula is C15H20O2. The Morgan fingerprint density at radius 1 is 1.41 bits per heavy atom. The monoisotopic (exact) mass is 232 g/mol. The first kappa shape index (κ1) is 12.3. The van der Waals surface area contributed by atoms with Crippen molar-refractivity contribution in [3.63, 3.8) is 0 Å². The summed E-state index contributed by atoms with van der Waals surface area (Å²) in [5.74, 6) is 0.137. The molecule has 0 heterocycles. The Bertz CT molecular complexity index is 405. The minimum Gasteiger partial charge on any atom is -0.381 e. The molecule has 0 atom stereocenters. The van der Waals surface area contributed by atoms with Gasteiger partial charge < -0.3 is 4.74 Å². The Hall–Kier alpha value is -1.15. The topological polar surface area (TPSA) is 26.3 Å². The van der Waals surface area contributed by atoms with Crippen molar-refractivity contribution in [1.82, 2.24) is 0 Å². The quantitative estimate of drug-likeness (QED) is 0.728. The van der Waals surface area contributed by atoms with Crippen LogP contribution in [-0.4, -0.2) is 19.0 Å². The number of Topliss-reactive ketones (excluding diaryl/α,β-unsaturated/α-hetero) is 1. The zero-order chi connectivity index (χ0) is 12.3. The third-order valence-corrected chi connectivity index (χ3v) is 3.77. The molecule has 0 unspecified atom stereocenters. The molecule has 0 saturated heterocycles. The Morgan fingerprint density at radius 2 is 2.18 bits per heavy atom. The van der Waals surface area contributed by atoms with E-state index in [1.807, 2.05) is 25.1 Å². The van der Waals surface area contributed by atoms with E-state index in [1.54, 1.807) is 6.92 Å². The number of ether oxygens (including phenoxy) is 1. The molecule has 0 aromatic heterocycles. The summed E-state index contributed by atoms with van der Waals surface area (Å²) in [6.45, 7) is 5.19. The zero-order valence-corrected chi connectivity index (χ0v) is 10.7. The average molecular weight is 232 g/mol. The fraction of sp³-hybridized carbons (Fsp3) is 0.533. The van der Waals surface area contributed by atoms with Crippen LogP contribution in [0.4, 0.5) is 0 Å². The van der Waals surface area contributed by atoms with Crippen molar-refractivity contribution in [1.29, 1.82) is 0 Å². The molecule has 92 valence electrons. The highest BCUT2D eigenvalue weighted by atomic mass is 16.5. The van der Waals surface area contributed by atoms with Crippen molar-refractivity contribution in [3.05, 3.63) is 35.4 Å². The summed E-state index contributed by atoms with van der Waals surface area (Å²) in [5.41, 5.74) is 2.25. The number of hydrogen-bond acceptors (Lipinski definition) is 2. The summed E-state index contributed by atoms with van der Waals surface area (Å²) in [4.78, 5) is 11.4. The van der Waals surface area contributed by atoms with Crippen LogP contribution in [-0.2, 0) is 10.2 Å². The summed E-state index contributed by atoms with van der Waals surface area (Å²) in [5, 5.41) is 0. The molecule has 2 heteroatoms. The van der Waals surface area contributed by atoms with E-state index in [4.69, 9.17) is 4.74 Å². The fourth-order valence-electron chi connectivity index (χ4n) is 2.49. The highest BCUT2D eigenvalue weighted by Crippen LogP contribution is 2.44. The lowest BCUT2D eigenvalue weighted by Gasteiger charge is -2.42. The molecule has 1 fully saturated rings. The minimum atomic E-state index is 0.137. The summed E-state index contributed by atoms with van der Waals surface area (Å²) in [6, 6.07) is 8.04. The van der Waals surface area contributed by atoms with Crippen LogP contribution >= 0.6 is 0 Å². The summed E-state index contributed by atoms with van der Waals surface area (Å²) in [6.07, 6.45) is 3.61. The number of rotatable bonds is 5. The van der Waals surface area contributed by atoms with E-state index in [0.29, 0.717) is 0 Å². The summed E-state index contributed by atoms with van der Waals surface area (Å²) >= 11 is 0. The van der Waals surface area contributed by atoms with Crippen LogP contribution in [0.25, 0.3) is 0 Å². The van der Waals surface area contributed by atoms with Crippen molar-refractivity contribution >= 4 is 5.78 Å². The number of ketones is 1. The molecule has 0 radical (unpaired) electrons. The van der Waals surface area contributed by atoms with Gasteiger partial charge in [0.2, 0.25) is 0 Å². The molecule has 1 aliphatic rings. The predicted octanol–water partition coefficient (Wildman–Crippen LogP) is 3.35. The van der Waals surface area contributed by atoms with Crippen molar-refractivity contribution in [2.45, 2.75) is 38.5 Å². The SMILES string of the molecule is CCOCC1(c2cccc(C(C)=O)c2)CCC1. The molecule has 0 spiro atoms. The number of benzene rings is 1. The van der Waals surface area contributed by atoms with Gasteiger partial charge in [-0.2, -0.15) is 0 Å². The standard InChI is InChI=1S/C15H20O2/c1-3-17-11-15(8-5-9-15)14-7-4-6-13(10-14)12(2)16/h4,6-7,10H,3,5,8-9,11H2,1-2H3. The van der Waals surface area contributed by atoms with Crippen molar-refractivity contribution < 1.29 is 9.53 Å². The summed E-state index contributed by atoms with van der Waals surface area (Å²) in [7, 11) is 0. The smallest absolute Gasteiger partial charge is 0.159 e. The van der Waals surface area contributed by atoms with Crippen LogP contribution in [0.1, 0.15) is 49.0 Å². The van der Waals surface area contributed by atoms with E-state index in [-0.39, 0.29) is 11.2 Å². The third-order valence-electron chi connectivity index (χ3n) is 3.77. The fourth-order valence-corrected chi connectivity index (χ4v) is 2.49. The molecule has 2 nitrogen and oxygen atoms in total. The lowest BCUT2D eigenvalue weighted by atomic mass is 9.65. The van der Waals surface area contributed by atoms with Gasteiger partial charge in [-0.05, 0) is 38.3 Å². The molecule has 17 heavy (non-hydrogen) atoms. The number of hydrogen-bond donors (Lipinski definition) is 0. The largest absolute Gasteiger partial charge is 0.381 e. The van der Waals surface area contributed by atoms with Gasteiger partial charge in [0.15, 0.2) is 5.78 Å². The van der Waals surface area contributed by atoms with Gasteiger partial charge in [0.05, 0.1) is 6.61 Å². The van der Waals surface area contributed by atoms with Gasteiger partial charge in [-0.25, -0.2) is 0 Å². The van der Waals surface area contributed by atoms with Gasteiger partial charge in [-0.1, -0.05) is 24.6 Å². The van der Waals surface area contributed by atoms with Crippen LogP contribution in [0, 0.1) is 0 Å². The number of carbonyl (C=O) groups excluding carboxylic acids is 1.